The number of aryl methyl sites for hydroxylation is 2. The molecule has 0 bridgehead atoms. The van der Waals surface area contributed by atoms with E-state index in [0.29, 0.717) is 6.54 Å². The number of hydrogen-bond donors (Lipinski definition) is 2. The highest BCUT2D eigenvalue weighted by molar-refractivity contribution is 5.79. The lowest BCUT2D eigenvalue weighted by atomic mass is 10.2. The normalized spacial score (nSPS) is 14.4. The maximum atomic E-state index is 11.9. The molecule has 1 amide bonds. The summed E-state index contributed by atoms with van der Waals surface area (Å²) in [5.74, 6) is 0.00287. The van der Waals surface area contributed by atoms with Gasteiger partial charge in [-0.25, -0.2) is 0 Å². The van der Waals surface area contributed by atoms with Crippen LogP contribution in [0.5, 0.6) is 0 Å². The minimum absolute atomic E-state index is 0.0727. The van der Waals surface area contributed by atoms with Crippen molar-refractivity contribution in [2.45, 2.75) is 33.7 Å². The molecule has 1 rings (SSSR count). The molecule has 0 saturated carbocycles. The molecule has 0 aliphatic heterocycles. The molecular formula is C12H21N3O2. The molecule has 0 spiro atoms. The SMILES string of the molecule is Cc1cc(C)n(C(C)C(=O)NCC(C)CO)n1. The first-order valence-corrected chi connectivity index (χ1v) is 5.87. The third kappa shape index (κ3) is 3.56. The standard InChI is InChI=1S/C12H21N3O2/c1-8(7-16)6-13-12(17)11(4)15-10(3)5-9(2)14-15/h5,8,11,16H,6-7H2,1-4H3,(H,13,17). The number of nitrogens with zero attached hydrogens (tertiary/aromatic N) is 2. The first-order chi connectivity index (χ1) is 7.95. The Hall–Kier alpha value is -1.36. The number of hydrogen-bond acceptors (Lipinski definition) is 3. The van der Waals surface area contributed by atoms with Crippen LogP contribution in [0.15, 0.2) is 6.07 Å². The number of carbonyl (C=O) groups is 1. The van der Waals surface area contributed by atoms with Gasteiger partial charge >= 0.3 is 0 Å². The lowest BCUT2D eigenvalue weighted by Crippen LogP contribution is -2.35. The zero-order valence-electron chi connectivity index (χ0n) is 10.9. The van der Waals surface area contributed by atoms with Crippen molar-refractivity contribution in [3.63, 3.8) is 0 Å². The highest BCUT2D eigenvalue weighted by Gasteiger charge is 2.17. The van der Waals surface area contributed by atoms with Crippen LogP contribution in [0.25, 0.3) is 0 Å². The summed E-state index contributed by atoms with van der Waals surface area (Å²) in [6.07, 6.45) is 0. The topological polar surface area (TPSA) is 67.2 Å². The number of aliphatic hydroxyl groups excluding tert-OH is 1. The Morgan fingerprint density at radius 1 is 1.53 bits per heavy atom. The van der Waals surface area contributed by atoms with E-state index in [-0.39, 0.29) is 24.5 Å². The number of amides is 1. The smallest absolute Gasteiger partial charge is 0.244 e. The highest BCUT2D eigenvalue weighted by Crippen LogP contribution is 2.10. The van der Waals surface area contributed by atoms with E-state index in [1.165, 1.54) is 0 Å². The third-order valence-electron chi connectivity index (χ3n) is 2.73. The summed E-state index contributed by atoms with van der Waals surface area (Å²) in [7, 11) is 0. The van der Waals surface area contributed by atoms with Gasteiger partial charge in [0.15, 0.2) is 0 Å². The van der Waals surface area contributed by atoms with Gasteiger partial charge in [-0.15, -0.1) is 0 Å². The molecular weight excluding hydrogens is 218 g/mol. The second-order valence-electron chi connectivity index (χ2n) is 4.58. The van der Waals surface area contributed by atoms with Gasteiger partial charge in [-0.2, -0.15) is 5.10 Å². The molecule has 0 aromatic carbocycles. The summed E-state index contributed by atoms with van der Waals surface area (Å²) in [5.41, 5.74) is 1.88. The summed E-state index contributed by atoms with van der Waals surface area (Å²) < 4.78 is 1.72. The van der Waals surface area contributed by atoms with Gasteiger partial charge in [0.25, 0.3) is 0 Å². The quantitative estimate of drug-likeness (QED) is 0.799. The number of nitrogens with one attached hydrogen (secondary N) is 1. The van der Waals surface area contributed by atoms with E-state index in [1.54, 1.807) is 4.68 Å². The largest absolute Gasteiger partial charge is 0.396 e. The summed E-state index contributed by atoms with van der Waals surface area (Å²) in [6, 6.07) is 1.62. The summed E-state index contributed by atoms with van der Waals surface area (Å²) in [4.78, 5) is 11.9. The molecule has 1 aromatic rings. The van der Waals surface area contributed by atoms with Crippen molar-refractivity contribution in [3.05, 3.63) is 17.5 Å². The van der Waals surface area contributed by atoms with E-state index >= 15 is 0 Å². The number of aliphatic hydroxyl groups is 1. The summed E-state index contributed by atoms with van der Waals surface area (Å²) in [5, 5.41) is 16.0. The predicted molar refractivity (Wildman–Crippen MR) is 65.7 cm³/mol. The first-order valence-electron chi connectivity index (χ1n) is 5.87. The Kier molecular flexibility index (Phi) is 4.69. The van der Waals surface area contributed by atoms with Crippen molar-refractivity contribution in [2.75, 3.05) is 13.2 Å². The van der Waals surface area contributed by atoms with E-state index < -0.39 is 0 Å². The maximum absolute atomic E-state index is 11.9. The van der Waals surface area contributed by atoms with Crippen molar-refractivity contribution in [3.8, 4) is 0 Å². The van der Waals surface area contributed by atoms with Gasteiger partial charge < -0.3 is 10.4 Å². The van der Waals surface area contributed by atoms with Crippen molar-refractivity contribution in [1.82, 2.24) is 15.1 Å². The van der Waals surface area contributed by atoms with Gasteiger partial charge in [0.1, 0.15) is 6.04 Å². The van der Waals surface area contributed by atoms with Gasteiger partial charge in [0.05, 0.1) is 5.69 Å². The van der Waals surface area contributed by atoms with Crippen LogP contribution >= 0.6 is 0 Å². The number of rotatable bonds is 5. The van der Waals surface area contributed by atoms with E-state index in [9.17, 15) is 4.79 Å². The number of aromatic nitrogens is 2. The van der Waals surface area contributed by atoms with Crippen LogP contribution in [0.3, 0.4) is 0 Å². The lowest BCUT2D eigenvalue weighted by Gasteiger charge is -2.16. The maximum Gasteiger partial charge on any atom is 0.244 e. The Balaban J connectivity index is 2.61. The zero-order chi connectivity index (χ0) is 13.0. The molecule has 0 fully saturated rings. The van der Waals surface area contributed by atoms with Gasteiger partial charge in [-0.3, -0.25) is 9.48 Å². The molecule has 0 aliphatic rings. The van der Waals surface area contributed by atoms with Gasteiger partial charge in [-0.1, -0.05) is 6.92 Å². The van der Waals surface area contributed by atoms with Crippen LogP contribution in [0.2, 0.25) is 0 Å². The second-order valence-corrected chi connectivity index (χ2v) is 4.58. The van der Waals surface area contributed by atoms with E-state index in [1.807, 2.05) is 33.8 Å². The van der Waals surface area contributed by atoms with E-state index in [2.05, 4.69) is 10.4 Å². The second kappa shape index (κ2) is 5.82. The predicted octanol–water partition coefficient (Wildman–Crippen LogP) is 0.806. The van der Waals surface area contributed by atoms with Crippen LogP contribution in [0.1, 0.15) is 31.3 Å². The summed E-state index contributed by atoms with van der Waals surface area (Å²) in [6.45, 7) is 8.10. The third-order valence-corrected chi connectivity index (χ3v) is 2.73. The van der Waals surface area contributed by atoms with Crippen molar-refractivity contribution < 1.29 is 9.90 Å². The minimum Gasteiger partial charge on any atom is -0.396 e. The minimum atomic E-state index is -0.324. The van der Waals surface area contributed by atoms with Crippen molar-refractivity contribution in [2.24, 2.45) is 5.92 Å². The molecule has 2 atom stereocenters. The van der Waals surface area contributed by atoms with Gasteiger partial charge in [0.2, 0.25) is 5.91 Å². The fraction of sp³-hybridized carbons (Fsp3) is 0.667. The molecule has 2 N–H and O–H groups in total. The van der Waals surface area contributed by atoms with Crippen molar-refractivity contribution in [1.29, 1.82) is 0 Å². The lowest BCUT2D eigenvalue weighted by molar-refractivity contribution is -0.124. The molecule has 0 radical (unpaired) electrons. The Bertz CT molecular complexity index is 387. The molecule has 1 heterocycles. The fourth-order valence-corrected chi connectivity index (χ4v) is 1.64. The Morgan fingerprint density at radius 3 is 2.65 bits per heavy atom. The average Bonchev–Trinajstić information content (AvgIpc) is 2.63. The van der Waals surface area contributed by atoms with Gasteiger partial charge in [0, 0.05) is 18.8 Å². The van der Waals surface area contributed by atoms with Crippen LogP contribution in [0, 0.1) is 19.8 Å². The van der Waals surface area contributed by atoms with Crippen LogP contribution < -0.4 is 5.32 Å². The fourth-order valence-electron chi connectivity index (χ4n) is 1.64. The van der Waals surface area contributed by atoms with Crippen LogP contribution in [-0.4, -0.2) is 33.9 Å². The Labute approximate surface area is 102 Å². The molecule has 0 saturated heterocycles. The van der Waals surface area contributed by atoms with Crippen LogP contribution in [0.4, 0.5) is 0 Å². The highest BCUT2D eigenvalue weighted by atomic mass is 16.3. The molecule has 2 unspecified atom stereocenters. The zero-order valence-corrected chi connectivity index (χ0v) is 10.9. The Morgan fingerprint density at radius 2 is 2.18 bits per heavy atom. The molecule has 17 heavy (non-hydrogen) atoms. The molecule has 5 nitrogen and oxygen atoms in total. The average molecular weight is 239 g/mol. The van der Waals surface area contributed by atoms with Crippen molar-refractivity contribution >= 4 is 5.91 Å². The molecule has 1 aromatic heterocycles. The molecule has 96 valence electrons. The van der Waals surface area contributed by atoms with Gasteiger partial charge in [-0.05, 0) is 32.8 Å². The molecule has 0 aliphatic carbocycles. The monoisotopic (exact) mass is 239 g/mol. The van der Waals surface area contributed by atoms with E-state index in [0.717, 1.165) is 11.4 Å². The van der Waals surface area contributed by atoms with Crippen LogP contribution in [-0.2, 0) is 4.79 Å². The van der Waals surface area contributed by atoms with E-state index in [4.69, 9.17) is 5.11 Å². The molecule has 5 heteroatoms. The first kappa shape index (κ1) is 13.7. The summed E-state index contributed by atoms with van der Waals surface area (Å²) >= 11 is 0. The number of carbonyl (C=O) groups excluding carboxylic acids is 1.